The van der Waals surface area contributed by atoms with E-state index in [0.29, 0.717) is 0 Å². The number of hydrogen-bond donors (Lipinski definition) is 1. The van der Waals surface area contributed by atoms with E-state index in [2.05, 4.69) is 14.5 Å². The van der Waals surface area contributed by atoms with E-state index in [1.165, 1.54) is 18.5 Å². The Hall–Kier alpha value is -1.96. The molecule has 19 heavy (non-hydrogen) atoms. The van der Waals surface area contributed by atoms with Gasteiger partial charge in [-0.25, -0.2) is 0 Å². The number of rotatable bonds is 4. The van der Waals surface area contributed by atoms with Gasteiger partial charge in [-0.2, -0.15) is 0 Å². The average Bonchev–Trinajstić information content (AvgIpc) is 2.38. The third-order valence-corrected chi connectivity index (χ3v) is 2.31. The standard InChI is InChI=1S/C11H12N2O5.BrH/c1-17-10(15)8(11(16)18-2)6-3-4-13-5-7(6)9(12)14;/h3-5,8H,1-2H3,(H2,12,14);1H. The van der Waals surface area contributed by atoms with Crippen molar-refractivity contribution in [1.82, 2.24) is 4.98 Å². The maximum atomic E-state index is 11.6. The van der Waals surface area contributed by atoms with Crippen LogP contribution in [0.4, 0.5) is 0 Å². The zero-order valence-electron chi connectivity index (χ0n) is 10.3. The lowest BCUT2D eigenvalue weighted by Crippen LogP contribution is -2.27. The van der Waals surface area contributed by atoms with Gasteiger partial charge in [-0.1, -0.05) is 0 Å². The molecule has 0 atom stereocenters. The first kappa shape index (κ1) is 17.0. The van der Waals surface area contributed by atoms with Crippen molar-refractivity contribution in [3.63, 3.8) is 0 Å². The number of carbonyl (C=O) groups excluding carboxylic acids is 3. The van der Waals surface area contributed by atoms with Crippen molar-refractivity contribution in [2.75, 3.05) is 14.2 Å². The Balaban J connectivity index is 0.00000324. The van der Waals surface area contributed by atoms with Crippen LogP contribution in [0.25, 0.3) is 0 Å². The van der Waals surface area contributed by atoms with Crippen LogP contribution in [0.1, 0.15) is 21.8 Å². The van der Waals surface area contributed by atoms with Gasteiger partial charge < -0.3 is 15.2 Å². The van der Waals surface area contributed by atoms with E-state index in [0.717, 1.165) is 14.2 Å². The van der Waals surface area contributed by atoms with Crippen LogP contribution in [-0.2, 0) is 19.1 Å². The fourth-order valence-electron chi connectivity index (χ4n) is 1.45. The van der Waals surface area contributed by atoms with Crippen LogP contribution in [-0.4, -0.2) is 37.0 Å². The van der Waals surface area contributed by atoms with Crippen LogP contribution in [0.2, 0.25) is 0 Å². The summed E-state index contributed by atoms with van der Waals surface area (Å²) < 4.78 is 9.02. The molecular weight excluding hydrogens is 320 g/mol. The Bertz CT molecular complexity index is 476. The number of esters is 2. The Labute approximate surface area is 119 Å². The van der Waals surface area contributed by atoms with Crippen molar-refractivity contribution < 1.29 is 23.9 Å². The number of pyridine rings is 1. The summed E-state index contributed by atoms with van der Waals surface area (Å²) in [5, 5.41) is 0. The van der Waals surface area contributed by atoms with Crippen LogP contribution in [0, 0.1) is 0 Å². The minimum absolute atomic E-state index is 0. The second-order valence-corrected chi connectivity index (χ2v) is 3.31. The quantitative estimate of drug-likeness (QED) is 0.622. The lowest BCUT2D eigenvalue weighted by atomic mass is 9.95. The van der Waals surface area contributed by atoms with E-state index < -0.39 is 23.8 Å². The Morgan fingerprint density at radius 3 is 2.16 bits per heavy atom. The Kier molecular flexibility index (Phi) is 6.70. The normalized spacial score (nSPS) is 9.42. The Morgan fingerprint density at radius 2 is 1.74 bits per heavy atom. The molecule has 0 spiro atoms. The molecule has 0 aliphatic carbocycles. The summed E-state index contributed by atoms with van der Waals surface area (Å²) in [7, 11) is 2.26. The third-order valence-electron chi connectivity index (χ3n) is 2.31. The van der Waals surface area contributed by atoms with Gasteiger partial charge in [-0.15, -0.1) is 17.0 Å². The predicted octanol–water partition coefficient (Wildman–Crippen LogP) is 0.188. The number of amides is 1. The van der Waals surface area contributed by atoms with E-state index in [1.54, 1.807) is 0 Å². The lowest BCUT2D eigenvalue weighted by molar-refractivity contribution is -0.154. The van der Waals surface area contributed by atoms with Crippen LogP contribution in [0.15, 0.2) is 18.5 Å². The van der Waals surface area contributed by atoms with Crippen molar-refractivity contribution in [2.24, 2.45) is 5.73 Å². The summed E-state index contributed by atoms with van der Waals surface area (Å²) in [4.78, 5) is 38.1. The van der Waals surface area contributed by atoms with Crippen LogP contribution in [0.3, 0.4) is 0 Å². The Morgan fingerprint density at radius 1 is 1.21 bits per heavy atom. The molecule has 7 nitrogen and oxygen atoms in total. The lowest BCUT2D eigenvalue weighted by Gasteiger charge is -2.14. The van der Waals surface area contributed by atoms with Gasteiger partial charge >= 0.3 is 11.9 Å². The number of ether oxygens (including phenoxy) is 2. The summed E-state index contributed by atoms with van der Waals surface area (Å²) in [5.41, 5.74) is 5.23. The summed E-state index contributed by atoms with van der Waals surface area (Å²) in [6.07, 6.45) is 2.51. The van der Waals surface area contributed by atoms with E-state index in [9.17, 15) is 14.4 Å². The first-order valence-corrected chi connectivity index (χ1v) is 4.92. The number of nitrogens with two attached hydrogens (primary N) is 1. The molecule has 8 heteroatoms. The SMILES string of the molecule is Br.COC(=O)C(C(=O)OC)c1ccncc1C(N)=O. The van der Waals surface area contributed by atoms with Crippen LogP contribution >= 0.6 is 17.0 Å². The number of hydrogen-bond acceptors (Lipinski definition) is 6. The number of methoxy groups -OCH3 is 2. The molecule has 0 saturated carbocycles. The van der Waals surface area contributed by atoms with Gasteiger partial charge in [0.15, 0.2) is 5.92 Å². The third kappa shape index (κ3) is 3.75. The fraction of sp³-hybridized carbons (Fsp3) is 0.273. The highest BCUT2D eigenvalue weighted by Gasteiger charge is 2.33. The molecule has 104 valence electrons. The molecule has 1 aromatic rings. The number of aromatic nitrogens is 1. The molecule has 1 rings (SSSR count). The molecule has 1 aromatic heterocycles. The van der Waals surface area contributed by atoms with Crippen molar-refractivity contribution in [1.29, 1.82) is 0 Å². The smallest absolute Gasteiger partial charge is 0.324 e. The number of carbonyl (C=O) groups is 3. The van der Waals surface area contributed by atoms with Crippen molar-refractivity contribution in [2.45, 2.75) is 5.92 Å². The average molecular weight is 333 g/mol. The van der Waals surface area contributed by atoms with E-state index in [4.69, 9.17) is 5.73 Å². The highest BCUT2D eigenvalue weighted by molar-refractivity contribution is 8.93. The maximum Gasteiger partial charge on any atom is 0.324 e. The zero-order chi connectivity index (χ0) is 13.7. The first-order valence-electron chi connectivity index (χ1n) is 4.92. The highest BCUT2D eigenvalue weighted by Crippen LogP contribution is 2.22. The molecule has 1 amide bonds. The van der Waals surface area contributed by atoms with E-state index >= 15 is 0 Å². The largest absolute Gasteiger partial charge is 0.468 e. The summed E-state index contributed by atoms with van der Waals surface area (Å²) >= 11 is 0. The molecule has 0 bridgehead atoms. The molecule has 2 N–H and O–H groups in total. The number of halogens is 1. The van der Waals surface area contributed by atoms with Gasteiger partial charge in [0.2, 0.25) is 0 Å². The molecule has 0 saturated heterocycles. The minimum atomic E-state index is -1.36. The predicted molar refractivity (Wildman–Crippen MR) is 69.8 cm³/mol. The van der Waals surface area contributed by atoms with Gasteiger partial charge in [0.25, 0.3) is 5.91 Å². The molecule has 0 fully saturated rings. The maximum absolute atomic E-state index is 11.6. The molecule has 0 aliphatic rings. The van der Waals surface area contributed by atoms with Crippen LogP contribution in [0.5, 0.6) is 0 Å². The fourth-order valence-corrected chi connectivity index (χ4v) is 1.45. The first-order chi connectivity index (χ1) is 8.52. The molecule has 0 aromatic carbocycles. The molecular formula is C11H13BrN2O5. The van der Waals surface area contributed by atoms with E-state index in [-0.39, 0.29) is 28.1 Å². The van der Waals surface area contributed by atoms with E-state index in [1.807, 2.05) is 0 Å². The zero-order valence-corrected chi connectivity index (χ0v) is 12.0. The van der Waals surface area contributed by atoms with Crippen molar-refractivity contribution >= 4 is 34.8 Å². The minimum Gasteiger partial charge on any atom is -0.468 e. The second kappa shape index (κ2) is 7.47. The van der Waals surface area contributed by atoms with Crippen LogP contribution < -0.4 is 5.73 Å². The molecule has 0 radical (unpaired) electrons. The van der Waals surface area contributed by atoms with Gasteiger partial charge in [-0.3, -0.25) is 19.4 Å². The number of primary amides is 1. The van der Waals surface area contributed by atoms with Gasteiger partial charge in [-0.05, 0) is 11.6 Å². The summed E-state index contributed by atoms with van der Waals surface area (Å²) in [6.45, 7) is 0. The second-order valence-electron chi connectivity index (χ2n) is 3.31. The van der Waals surface area contributed by atoms with Gasteiger partial charge in [0, 0.05) is 12.4 Å². The van der Waals surface area contributed by atoms with Gasteiger partial charge in [0.1, 0.15) is 0 Å². The molecule has 1 heterocycles. The monoisotopic (exact) mass is 332 g/mol. The molecule has 0 unspecified atom stereocenters. The van der Waals surface area contributed by atoms with Crippen molar-refractivity contribution in [3.05, 3.63) is 29.6 Å². The highest BCUT2D eigenvalue weighted by atomic mass is 79.9. The van der Waals surface area contributed by atoms with Crippen molar-refractivity contribution in [3.8, 4) is 0 Å². The topological polar surface area (TPSA) is 109 Å². The van der Waals surface area contributed by atoms with Gasteiger partial charge in [0.05, 0.1) is 19.8 Å². The number of nitrogens with zero attached hydrogens (tertiary/aromatic N) is 1. The summed E-state index contributed by atoms with van der Waals surface area (Å²) in [5.74, 6) is -3.83. The molecule has 0 aliphatic heterocycles. The summed E-state index contributed by atoms with van der Waals surface area (Å²) in [6, 6.07) is 1.35.